The zero-order valence-electron chi connectivity index (χ0n) is 21.1. The number of para-hydroxylation sites is 1. The molecule has 1 unspecified atom stereocenters. The predicted octanol–water partition coefficient (Wildman–Crippen LogP) is 3.17. The number of hydrogen-bond donors (Lipinski definition) is 3. The Hall–Kier alpha value is -3.38. The number of nitrogens with zero attached hydrogens (tertiary/aromatic N) is 4. The number of esters is 1. The summed E-state index contributed by atoms with van der Waals surface area (Å²) in [5.74, 6) is -1.41. The van der Waals surface area contributed by atoms with E-state index in [2.05, 4.69) is 20.0 Å². The maximum Gasteiger partial charge on any atom is 0.459 e. The van der Waals surface area contributed by atoms with E-state index in [1.807, 2.05) is 0 Å². The lowest BCUT2D eigenvalue weighted by atomic mass is 9.66. The van der Waals surface area contributed by atoms with E-state index < -0.39 is 37.6 Å². The Morgan fingerprint density at radius 1 is 1.26 bits per heavy atom. The third kappa shape index (κ3) is 5.70. The summed E-state index contributed by atoms with van der Waals surface area (Å²) in [6, 6.07) is 6.62. The van der Waals surface area contributed by atoms with Crippen LogP contribution in [0.15, 0.2) is 54.9 Å². The molecule has 0 amide bonds. The summed E-state index contributed by atoms with van der Waals surface area (Å²) < 4.78 is 46.1. The standard InChI is InChI=1S/C24H30FN6O6P/c1-14(2)36-24(33)15(3)30-38(34,37-16-7-5-4-6-8-16)35-11-19-17(9-25)21(18(19)10-32)31-13-29-20-22(26)27-12-28-23(20)31/h4-9,12-15,18-19,21,32H,10-11H2,1-3H3,(H,30,34)(H2,26,27,28)/b17-9+/t15-,18-,19+,21-,38?/m0/s1. The smallest absolute Gasteiger partial charge is 0.459 e. The number of imidazole rings is 1. The van der Waals surface area contributed by atoms with Crippen LogP contribution < -0.4 is 15.3 Å². The van der Waals surface area contributed by atoms with Crippen LogP contribution >= 0.6 is 7.75 Å². The van der Waals surface area contributed by atoms with Crippen LogP contribution in [-0.2, 0) is 18.6 Å². The van der Waals surface area contributed by atoms with Crippen LogP contribution in [0.2, 0.25) is 0 Å². The Labute approximate surface area is 218 Å². The van der Waals surface area contributed by atoms with Crippen LogP contribution in [0.1, 0.15) is 26.8 Å². The van der Waals surface area contributed by atoms with Crippen molar-refractivity contribution in [1.82, 2.24) is 24.6 Å². The number of aromatic nitrogens is 4. The van der Waals surface area contributed by atoms with Crippen LogP contribution in [-0.4, -0.2) is 56.0 Å². The molecule has 38 heavy (non-hydrogen) atoms. The summed E-state index contributed by atoms with van der Waals surface area (Å²) in [6.45, 7) is 4.25. The van der Waals surface area contributed by atoms with Crippen LogP contribution in [0.5, 0.6) is 5.75 Å². The number of nitrogen functional groups attached to an aromatic ring is 1. The molecule has 1 saturated carbocycles. The van der Waals surface area contributed by atoms with Gasteiger partial charge in [-0.05, 0) is 38.5 Å². The molecule has 4 N–H and O–H groups in total. The van der Waals surface area contributed by atoms with Crippen molar-refractivity contribution in [2.75, 3.05) is 18.9 Å². The molecule has 3 aromatic rings. The topological polar surface area (TPSA) is 164 Å². The average Bonchev–Trinajstić information content (AvgIpc) is 3.28. The molecule has 12 nitrogen and oxygen atoms in total. The van der Waals surface area contributed by atoms with E-state index in [0.717, 1.165) is 0 Å². The quantitative estimate of drug-likeness (QED) is 0.238. The minimum Gasteiger partial charge on any atom is -0.462 e. The number of benzene rings is 1. The fourth-order valence-electron chi connectivity index (χ4n) is 4.36. The number of ether oxygens (including phenoxy) is 1. The van der Waals surface area contributed by atoms with Gasteiger partial charge in [-0.1, -0.05) is 18.2 Å². The Morgan fingerprint density at radius 3 is 2.66 bits per heavy atom. The second kappa shape index (κ2) is 11.6. The molecule has 0 bridgehead atoms. The molecule has 14 heteroatoms. The number of anilines is 1. The summed E-state index contributed by atoms with van der Waals surface area (Å²) >= 11 is 0. The van der Waals surface area contributed by atoms with Crippen LogP contribution in [0.25, 0.3) is 11.2 Å². The third-order valence-corrected chi connectivity index (χ3v) is 7.81. The number of halogens is 1. The van der Waals surface area contributed by atoms with Crippen LogP contribution in [0, 0.1) is 11.8 Å². The molecule has 5 atom stereocenters. The van der Waals surface area contributed by atoms with Crippen LogP contribution in [0.4, 0.5) is 10.2 Å². The van der Waals surface area contributed by atoms with Gasteiger partial charge in [0, 0.05) is 18.4 Å². The third-order valence-electron chi connectivity index (χ3n) is 6.17. The molecule has 0 radical (unpaired) electrons. The summed E-state index contributed by atoms with van der Waals surface area (Å²) in [5, 5.41) is 12.8. The van der Waals surface area contributed by atoms with E-state index >= 15 is 0 Å². The molecular weight excluding hydrogens is 518 g/mol. The van der Waals surface area contributed by atoms with Crippen molar-refractivity contribution < 1.29 is 32.6 Å². The van der Waals surface area contributed by atoms with Gasteiger partial charge in [-0.2, -0.15) is 5.09 Å². The summed E-state index contributed by atoms with van der Waals surface area (Å²) in [4.78, 5) is 24.7. The van der Waals surface area contributed by atoms with E-state index in [9.17, 15) is 18.9 Å². The molecular formula is C24H30FN6O6P. The highest BCUT2D eigenvalue weighted by Gasteiger charge is 2.49. The Bertz CT molecular complexity index is 1350. The number of hydrogen-bond acceptors (Lipinski definition) is 10. The van der Waals surface area contributed by atoms with Crippen molar-refractivity contribution in [3.05, 3.63) is 54.9 Å². The highest BCUT2D eigenvalue weighted by atomic mass is 31.2. The van der Waals surface area contributed by atoms with Crippen molar-refractivity contribution in [2.24, 2.45) is 11.8 Å². The van der Waals surface area contributed by atoms with Crippen molar-refractivity contribution in [2.45, 2.75) is 39.0 Å². The van der Waals surface area contributed by atoms with Gasteiger partial charge in [0.15, 0.2) is 11.5 Å². The SMILES string of the molecule is CC(C)OC(=O)[C@H](C)NP(=O)(OC[C@@H]1/C(=C\F)[C@H](n2cnc3c(N)ncnc32)[C@H]1CO)Oc1ccccc1. The number of aliphatic hydroxyl groups is 1. The van der Waals surface area contributed by atoms with Gasteiger partial charge in [0.25, 0.3) is 0 Å². The summed E-state index contributed by atoms with van der Waals surface area (Å²) in [5.41, 5.74) is 6.89. The second-order valence-corrected chi connectivity index (χ2v) is 10.8. The number of aliphatic hydroxyl groups excluding tert-OH is 1. The van der Waals surface area contributed by atoms with Crippen molar-refractivity contribution in [1.29, 1.82) is 0 Å². The highest BCUT2D eigenvalue weighted by Crippen LogP contribution is 2.53. The molecule has 1 aromatic carbocycles. The van der Waals surface area contributed by atoms with E-state index in [-0.39, 0.29) is 36.5 Å². The number of fused-ring (bicyclic) bond motifs is 1. The van der Waals surface area contributed by atoms with Gasteiger partial charge < -0.3 is 24.7 Å². The maximum atomic E-state index is 14.2. The zero-order valence-corrected chi connectivity index (χ0v) is 22.0. The van der Waals surface area contributed by atoms with Crippen LogP contribution in [0.3, 0.4) is 0 Å². The highest BCUT2D eigenvalue weighted by molar-refractivity contribution is 7.52. The van der Waals surface area contributed by atoms with Crippen molar-refractivity contribution in [3.8, 4) is 5.75 Å². The van der Waals surface area contributed by atoms with Gasteiger partial charge in [-0.3, -0.25) is 9.32 Å². The first kappa shape index (κ1) is 27.6. The molecule has 2 heterocycles. The van der Waals surface area contributed by atoms with Gasteiger partial charge in [-0.15, -0.1) is 0 Å². The first-order chi connectivity index (χ1) is 18.2. The number of nitrogens with two attached hydrogens (primary N) is 1. The minimum atomic E-state index is -4.17. The molecule has 1 fully saturated rings. The normalized spacial score (nSPS) is 22.7. The monoisotopic (exact) mass is 548 g/mol. The molecule has 4 rings (SSSR count). The van der Waals surface area contributed by atoms with Gasteiger partial charge in [0.05, 0.1) is 31.4 Å². The lowest BCUT2D eigenvalue weighted by Crippen LogP contribution is -2.46. The predicted molar refractivity (Wildman–Crippen MR) is 136 cm³/mol. The zero-order chi connectivity index (χ0) is 27.4. The van der Waals surface area contributed by atoms with Crippen molar-refractivity contribution >= 4 is 30.7 Å². The lowest BCUT2D eigenvalue weighted by Gasteiger charge is -2.46. The van der Waals surface area contributed by atoms with Gasteiger partial charge >= 0.3 is 13.7 Å². The molecule has 1 aliphatic carbocycles. The molecule has 2 aromatic heterocycles. The number of nitrogens with one attached hydrogen (secondary N) is 1. The van der Waals surface area contributed by atoms with E-state index in [1.165, 1.54) is 19.6 Å². The second-order valence-electron chi connectivity index (χ2n) is 9.12. The molecule has 0 aliphatic heterocycles. The van der Waals surface area contributed by atoms with Gasteiger partial charge in [0.2, 0.25) is 0 Å². The Morgan fingerprint density at radius 2 is 2.00 bits per heavy atom. The Kier molecular flexibility index (Phi) is 8.41. The summed E-state index contributed by atoms with van der Waals surface area (Å²) in [6.07, 6.45) is 2.78. The van der Waals surface area contributed by atoms with E-state index in [0.29, 0.717) is 17.5 Å². The molecule has 0 spiro atoms. The minimum absolute atomic E-state index is 0.175. The molecule has 204 valence electrons. The fourth-order valence-corrected chi connectivity index (χ4v) is 5.88. The number of rotatable bonds is 11. The first-order valence-corrected chi connectivity index (χ1v) is 13.5. The van der Waals surface area contributed by atoms with Gasteiger partial charge in [0.1, 0.15) is 23.6 Å². The van der Waals surface area contributed by atoms with Gasteiger partial charge in [-0.25, -0.2) is 23.9 Å². The number of carbonyl (C=O) groups is 1. The Balaban J connectivity index is 1.54. The molecule has 0 saturated heterocycles. The first-order valence-electron chi connectivity index (χ1n) is 12.0. The average molecular weight is 549 g/mol. The molecule has 1 aliphatic rings. The number of carbonyl (C=O) groups excluding carboxylic acids is 1. The lowest BCUT2D eigenvalue weighted by molar-refractivity contribution is -0.149. The summed E-state index contributed by atoms with van der Waals surface area (Å²) in [7, 11) is -4.17. The van der Waals surface area contributed by atoms with E-state index in [4.69, 9.17) is 19.5 Å². The van der Waals surface area contributed by atoms with E-state index in [1.54, 1.807) is 48.7 Å². The largest absolute Gasteiger partial charge is 0.462 e. The fraction of sp³-hybridized carbons (Fsp3) is 0.417. The van der Waals surface area contributed by atoms with Crippen molar-refractivity contribution in [3.63, 3.8) is 0 Å². The maximum absolute atomic E-state index is 14.2.